The molecule has 76 valence electrons. The Labute approximate surface area is 86.2 Å². The normalized spacial score (nSPS) is 9.93. The van der Waals surface area contributed by atoms with Gasteiger partial charge in [-0.1, -0.05) is 11.6 Å². The Morgan fingerprint density at radius 3 is 2.79 bits per heavy atom. The van der Waals surface area contributed by atoms with Gasteiger partial charge in [-0.15, -0.1) is 0 Å². The van der Waals surface area contributed by atoms with Gasteiger partial charge >= 0.3 is 5.97 Å². The Hall–Kier alpha value is -1.29. The highest BCUT2D eigenvalue weighted by atomic mass is 35.5. The summed E-state index contributed by atoms with van der Waals surface area (Å²) < 4.78 is 4.79. The minimum absolute atomic E-state index is 0.155. The number of nitrogens with one attached hydrogen (secondary N) is 1. The lowest BCUT2D eigenvalue weighted by Crippen LogP contribution is -2.07. The average molecular weight is 216 g/mol. The molecule has 0 saturated carbocycles. The summed E-state index contributed by atoms with van der Waals surface area (Å²) in [5.41, 5.74) is 0.907. The van der Waals surface area contributed by atoms with Crippen molar-refractivity contribution in [3.63, 3.8) is 0 Å². The van der Waals surface area contributed by atoms with E-state index >= 15 is 0 Å². The molecule has 0 amide bonds. The second kappa shape index (κ2) is 4.28. The van der Waals surface area contributed by atoms with Crippen LogP contribution in [0.2, 0.25) is 5.15 Å². The predicted octanol–water partition coefficient (Wildman–Crippen LogP) is 1.97. The summed E-state index contributed by atoms with van der Waals surface area (Å²) in [6.07, 6.45) is 0.540. The molecule has 0 aliphatic carbocycles. The first-order valence-electron chi connectivity index (χ1n) is 4.12. The third-order valence-corrected chi connectivity index (χ3v) is 2.07. The molecule has 1 heterocycles. The van der Waals surface area contributed by atoms with Crippen molar-refractivity contribution in [2.45, 2.75) is 13.8 Å². The fourth-order valence-corrected chi connectivity index (χ4v) is 1.46. The lowest BCUT2D eigenvalue weighted by Gasteiger charge is -2.00. The van der Waals surface area contributed by atoms with Crippen LogP contribution < -0.4 is 0 Å². The number of aromatic nitrogens is 1. The van der Waals surface area contributed by atoms with Gasteiger partial charge in [0.2, 0.25) is 0 Å². The van der Waals surface area contributed by atoms with Crippen LogP contribution in [-0.4, -0.2) is 23.8 Å². The molecule has 0 fully saturated rings. The number of esters is 1. The molecule has 0 aromatic carbocycles. The third-order valence-electron chi connectivity index (χ3n) is 1.78. The topological polar surface area (TPSA) is 59.2 Å². The smallest absolute Gasteiger partial charge is 0.340 e. The molecule has 14 heavy (non-hydrogen) atoms. The zero-order chi connectivity index (χ0) is 10.7. The number of aryl methyl sites for hydroxylation is 1. The number of rotatable bonds is 3. The average Bonchev–Trinajstić information content (AvgIpc) is 2.40. The quantitative estimate of drug-likeness (QED) is 0.620. The summed E-state index contributed by atoms with van der Waals surface area (Å²) in [6, 6.07) is 0. The zero-order valence-corrected chi connectivity index (χ0v) is 8.64. The van der Waals surface area contributed by atoms with E-state index in [0.717, 1.165) is 0 Å². The van der Waals surface area contributed by atoms with Crippen molar-refractivity contribution in [2.24, 2.45) is 0 Å². The second-order valence-corrected chi connectivity index (χ2v) is 3.07. The monoisotopic (exact) mass is 215 g/mol. The highest BCUT2D eigenvalue weighted by molar-refractivity contribution is 6.32. The molecule has 0 radical (unpaired) electrons. The minimum atomic E-state index is -0.532. The van der Waals surface area contributed by atoms with E-state index in [1.165, 1.54) is 0 Å². The number of hydrogen-bond acceptors (Lipinski definition) is 3. The Kier molecular flexibility index (Phi) is 3.30. The largest absolute Gasteiger partial charge is 0.462 e. The number of aromatic amines is 1. The van der Waals surface area contributed by atoms with E-state index in [1.807, 2.05) is 0 Å². The highest BCUT2D eigenvalue weighted by Crippen LogP contribution is 2.21. The molecular formula is C9H10ClNO3. The zero-order valence-electron chi connectivity index (χ0n) is 7.89. The van der Waals surface area contributed by atoms with E-state index in [1.54, 1.807) is 13.8 Å². The fraction of sp³-hybridized carbons (Fsp3) is 0.333. The van der Waals surface area contributed by atoms with E-state index in [2.05, 4.69) is 4.98 Å². The molecule has 5 heteroatoms. The van der Waals surface area contributed by atoms with Gasteiger partial charge in [0.15, 0.2) is 6.29 Å². The van der Waals surface area contributed by atoms with Crippen LogP contribution in [0.1, 0.15) is 33.3 Å². The van der Waals surface area contributed by atoms with E-state index < -0.39 is 5.97 Å². The van der Waals surface area contributed by atoms with E-state index in [4.69, 9.17) is 16.3 Å². The first-order chi connectivity index (χ1) is 6.61. The maximum Gasteiger partial charge on any atom is 0.340 e. The number of H-pyrrole nitrogens is 1. The molecule has 0 saturated heterocycles. The molecule has 0 spiro atoms. The molecule has 0 aliphatic heterocycles. The van der Waals surface area contributed by atoms with Gasteiger partial charge in [-0.3, -0.25) is 4.79 Å². The summed E-state index contributed by atoms with van der Waals surface area (Å²) in [5, 5.41) is 0.167. The number of carbonyl (C=O) groups excluding carboxylic acids is 2. The van der Waals surface area contributed by atoms with Gasteiger partial charge in [-0.2, -0.15) is 0 Å². The molecule has 0 unspecified atom stereocenters. The van der Waals surface area contributed by atoms with Crippen molar-refractivity contribution in [3.05, 3.63) is 22.0 Å². The van der Waals surface area contributed by atoms with E-state index in [9.17, 15) is 9.59 Å². The summed E-state index contributed by atoms with van der Waals surface area (Å²) in [4.78, 5) is 24.8. The first kappa shape index (κ1) is 10.8. The van der Waals surface area contributed by atoms with Crippen molar-refractivity contribution < 1.29 is 14.3 Å². The number of hydrogen-bond donors (Lipinski definition) is 1. The van der Waals surface area contributed by atoms with Crippen LogP contribution in [0.3, 0.4) is 0 Å². The Morgan fingerprint density at radius 2 is 2.29 bits per heavy atom. The van der Waals surface area contributed by atoms with Crippen LogP contribution in [0.4, 0.5) is 0 Å². The molecule has 0 bridgehead atoms. The van der Waals surface area contributed by atoms with Crippen LogP contribution in [0.5, 0.6) is 0 Å². The van der Waals surface area contributed by atoms with Gasteiger partial charge in [0.1, 0.15) is 5.15 Å². The molecule has 1 rings (SSSR count). The van der Waals surface area contributed by atoms with Gasteiger partial charge in [0.05, 0.1) is 17.7 Å². The highest BCUT2D eigenvalue weighted by Gasteiger charge is 2.20. The lowest BCUT2D eigenvalue weighted by atomic mass is 10.2. The molecule has 1 aromatic rings. The fourth-order valence-electron chi connectivity index (χ4n) is 1.18. The first-order valence-corrected chi connectivity index (χ1v) is 4.50. The predicted molar refractivity (Wildman–Crippen MR) is 51.9 cm³/mol. The number of halogens is 1. The number of carbonyl (C=O) groups is 2. The molecule has 1 N–H and O–H groups in total. The SMILES string of the molecule is CCOC(=O)c1c(C)[nH]c(Cl)c1C=O. The van der Waals surface area contributed by atoms with Gasteiger partial charge in [-0.05, 0) is 13.8 Å². The van der Waals surface area contributed by atoms with Crippen molar-refractivity contribution >= 4 is 23.9 Å². The van der Waals surface area contributed by atoms with Gasteiger partial charge in [0.25, 0.3) is 0 Å². The van der Waals surface area contributed by atoms with Crippen LogP contribution in [0.25, 0.3) is 0 Å². The van der Waals surface area contributed by atoms with Gasteiger partial charge in [-0.25, -0.2) is 4.79 Å². The number of ether oxygens (including phenoxy) is 1. The lowest BCUT2D eigenvalue weighted by molar-refractivity contribution is 0.0523. The minimum Gasteiger partial charge on any atom is -0.462 e. The molecular weight excluding hydrogens is 206 g/mol. The Balaban J connectivity index is 3.18. The molecule has 4 nitrogen and oxygen atoms in total. The van der Waals surface area contributed by atoms with E-state index in [-0.39, 0.29) is 22.9 Å². The van der Waals surface area contributed by atoms with Crippen molar-refractivity contribution in [2.75, 3.05) is 6.61 Å². The third kappa shape index (κ3) is 1.80. The van der Waals surface area contributed by atoms with Crippen molar-refractivity contribution in [3.8, 4) is 0 Å². The summed E-state index contributed by atoms with van der Waals surface area (Å²) >= 11 is 5.70. The molecule has 0 aliphatic rings. The van der Waals surface area contributed by atoms with Crippen LogP contribution in [0, 0.1) is 6.92 Å². The number of aldehydes is 1. The second-order valence-electron chi connectivity index (χ2n) is 2.69. The van der Waals surface area contributed by atoms with Crippen molar-refractivity contribution in [1.29, 1.82) is 0 Å². The summed E-state index contributed by atoms with van der Waals surface area (Å²) in [5.74, 6) is -0.532. The Bertz CT molecular complexity index is 370. The standard InChI is InChI=1S/C9H10ClNO3/c1-3-14-9(13)7-5(2)11-8(10)6(7)4-12/h4,11H,3H2,1-2H3. The van der Waals surface area contributed by atoms with Crippen LogP contribution in [0.15, 0.2) is 0 Å². The maximum absolute atomic E-state index is 11.4. The summed E-state index contributed by atoms with van der Waals surface area (Å²) in [7, 11) is 0. The van der Waals surface area contributed by atoms with Crippen LogP contribution in [-0.2, 0) is 4.74 Å². The van der Waals surface area contributed by atoms with E-state index in [0.29, 0.717) is 12.0 Å². The van der Waals surface area contributed by atoms with Crippen LogP contribution >= 0.6 is 11.6 Å². The van der Waals surface area contributed by atoms with Gasteiger partial charge in [0, 0.05) is 5.69 Å². The van der Waals surface area contributed by atoms with Gasteiger partial charge < -0.3 is 9.72 Å². The molecule has 1 aromatic heterocycles. The maximum atomic E-state index is 11.4. The Morgan fingerprint density at radius 1 is 1.64 bits per heavy atom. The molecule has 0 atom stereocenters. The van der Waals surface area contributed by atoms with Crippen molar-refractivity contribution in [1.82, 2.24) is 4.98 Å². The summed E-state index contributed by atoms with van der Waals surface area (Å²) in [6.45, 7) is 3.62.